The first-order valence-corrected chi connectivity index (χ1v) is 15.8. The summed E-state index contributed by atoms with van der Waals surface area (Å²) >= 11 is 0. The molecule has 0 fully saturated rings. The zero-order valence-electron chi connectivity index (χ0n) is 22.5. The van der Waals surface area contributed by atoms with Crippen molar-refractivity contribution in [3.63, 3.8) is 0 Å². The van der Waals surface area contributed by atoms with Crippen LogP contribution in [-0.2, 0) is 15.7 Å². The van der Waals surface area contributed by atoms with Gasteiger partial charge in [0.2, 0.25) is 0 Å². The predicted molar refractivity (Wildman–Crippen MR) is 149 cm³/mol. The Labute approximate surface area is 213 Å². The van der Waals surface area contributed by atoms with Gasteiger partial charge in [0, 0.05) is 10.9 Å². The van der Waals surface area contributed by atoms with Crippen molar-refractivity contribution in [2.45, 2.75) is 141 Å². The molecule has 0 aliphatic heterocycles. The number of hydrogen-bond acceptors (Lipinski definition) is 2. The number of unbranched alkanes of at least 4 members (excludes halogenated alkanes) is 15. The van der Waals surface area contributed by atoms with Crippen LogP contribution in [0.1, 0.15) is 130 Å². The standard InChI is InChI=1S/C30H52O3S/c1-4-6-7-8-9-10-11-12-13-14-15-16-17-18-19-22-26-34(25-5-2)29-24-21-20-23-28(29)33-27(3)30(31)32/h20-21,23-24,27H,4-19,22,25-26H2,1-3H3/p+1. The molecule has 1 N–H and O–H groups in total. The van der Waals surface area contributed by atoms with Gasteiger partial charge in [0.15, 0.2) is 16.7 Å². The molecule has 0 amide bonds. The predicted octanol–water partition coefficient (Wildman–Crippen LogP) is 9.19. The van der Waals surface area contributed by atoms with Crippen molar-refractivity contribution < 1.29 is 14.6 Å². The lowest BCUT2D eigenvalue weighted by atomic mass is 10.0. The highest BCUT2D eigenvalue weighted by atomic mass is 32.2. The molecule has 0 heterocycles. The first-order valence-electron chi connectivity index (χ1n) is 14.3. The fourth-order valence-corrected chi connectivity index (χ4v) is 6.78. The maximum atomic E-state index is 11.2. The van der Waals surface area contributed by atoms with E-state index in [2.05, 4.69) is 26.0 Å². The van der Waals surface area contributed by atoms with Gasteiger partial charge >= 0.3 is 5.97 Å². The summed E-state index contributed by atoms with van der Waals surface area (Å²) < 4.78 is 5.77. The molecule has 0 spiro atoms. The van der Waals surface area contributed by atoms with Crippen molar-refractivity contribution in [1.82, 2.24) is 0 Å². The molecule has 0 radical (unpaired) electrons. The third-order valence-electron chi connectivity index (χ3n) is 6.51. The van der Waals surface area contributed by atoms with E-state index in [1.54, 1.807) is 6.92 Å². The number of aliphatic carboxylic acids is 1. The van der Waals surface area contributed by atoms with E-state index in [0.717, 1.165) is 17.9 Å². The van der Waals surface area contributed by atoms with Gasteiger partial charge in [-0.3, -0.25) is 0 Å². The number of ether oxygens (including phenoxy) is 1. The van der Waals surface area contributed by atoms with E-state index in [1.165, 1.54) is 113 Å². The lowest BCUT2D eigenvalue weighted by Crippen LogP contribution is -2.24. The second-order valence-electron chi connectivity index (χ2n) is 9.75. The molecule has 1 rings (SSSR count). The van der Waals surface area contributed by atoms with Crippen LogP contribution in [0.5, 0.6) is 5.75 Å². The van der Waals surface area contributed by atoms with Crippen LogP contribution in [0.4, 0.5) is 0 Å². The lowest BCUT2D eigenvalue weighted by molar-refractivity contribution is -0.144. The van der Waals surface area contributed by atoms with Gasteiger partial charge in [-0.05, 0) is 38.3 Å². The summed E-state index contributed by atoms with van der Waals surface area (Å²) in [7, 11) is 0.136. The minimum absolute atomic E-state index is 0.136. The maximum Gasteiger partial charge on any atom is 0.344 e. The van der Waals surface area contributed by atoms with Gasteiger partial charge < -0.3 is 9.84 Å². The van der Waals surface area contributed by atoms with E-state index in [9.17, 15) is 9.90 Å². The minimum atomic E-state index is -0.914. The summed E-state index contributed by atoms with van der Waals surface area (Å²) in [5, 5.41) is 9.21. The molecule has 1 aromatic carbocycles. The quantitative estimate of drug-likeness (QED) is 0.122. The summed E-state index contributed by atoms with van der Waals surface area (Å²) in [5.41, 5.74) is 0. The average Bonchev–Trinajstić information content (AvgIpc) is 2.83. The Balaban J connectivity index is 2.14. The van der Waals surface area contributed by atoms with Gasteiger partial charge in [-0.25, -0.2) is 4.79 Å². The Morgan fingerprint density at radius 2 is 1.21 bits per heavy atom. The fourth-order valence-electron chi connectivity index (χ4n) is 4.42. The molecule has 0 saturated carbocycles. The van der Waals surface area contributed by atoms with E-state index in [0.29, 0.717) is 0 Å². The van der Waals surface area contributed by atoms with Crippen LogP contribution in [0.15, 0.2) is 29.2 Å². The van der Waals surface area contributed by atoms with Gasteiger partial charge in [0.25, 0.3) is 0 Å². The fraction of sp³-hybridized carbons (Fsp3) is 0.767. The molecule has 2 atom stereocenters. The van der Waals surface area contributed by atoms with E-state index in [-0.39, 0.29) is 10.9 Å². The SMILES string of the molecule is CCCCCCCCCCCCCCCCCC[S+](CCC)c1ccccc1OC(C)C(=O)O. The van der Waals surface area contributed by atoms with Crippen molar-refractivity contribution in [3.8, 4) is 5.75 Å². The van der Waals surface area contributed by atoms with E-state index >= 15 is 0 Å². The number of hydrogen-bond donors (Lipinski definition) is 1. The van der Waals surface area contributed by atoms with Gasteiger partial charge in [-0.15, -0.1) is 0 Å². The number of para-hydroxylation sites is 1. The van der Waals surface area contributed by atoms with E-state index < -0.39 is 12.1 Å². The Bertz CT molecular complexity index is 619. The molecular weight excluding hydrogens is 440 g/mol. The molecule has 2 unspecified atom stereocenters. The summed E-state index contributed by atoms with van der Waals surface area (Å²) in [4.78, 5) is 12.4. The van der Waals surface area contributed by atoms with Crippen molar-refractivity contribution in [1.29, 1.82) is 0 Å². The van der Waals surface area contributed by atoms with Crippen molar-refractivity contribution >= 4 is 16.9 Å². The molecule has 34 heavy (non-hydrogen) atoms. The maximum absolute atomic E-state index is 11.2. The smallest absolute Gasteiger partial charge is 0.344 e. The number of carboxylic acids is 1. The number of carboxylic acid groups (broad SMARTS) is 1. The first-order chi connectivity index (χ1) is 16.6. The van der Waals surface area contributed by atoms with Crippen LogP contribution < -0.4 is 4.74 Å². The van der Waals surface area contributed by atoms with Crippen LogP contribution in [0.3, 0.4) is 0 Å². The van der Waals surface area contributed by atoms with Gasteiger partial charge in [-0.2, -0.15) is 0 Å². The number of benzene rings is 1. The molecule has 0 aliphatic carbocycles. The molecule has 3 nitrogen and oxygen atoms in total. The summed E-state index contributed by atoms with van der Waals surface area (Å²) in [6, 6.07) is 8.06. The number of rotatable bonds is 23. The molecule has 4 heteroatoms. The van der Waals surface area contributed by atoms with Crippen LogP contribution >= 0.6 is 0 Å². The van der Waals surface area contributed by atoms with Crippen molar-refractivity contribution in [3.05, 3.63) is 24.3 Å². The minimum Gasteiger partial charge on any atom is -0.479 e. The third kappa shape index (κ3) is 15.0. The van der Waals surface area contributed by atoms with Gasteiger partial charge in [-0.1, -0.05) is 116 Å². The summed E-state index contributed by atoms with van der Waals surface area (Å²) in [5.74, 6) is 2.18. The monoisotopic (exact) mass is 493 g/mol. The Morgan fingerprint density at radius 3 is 1.68 bits per heavy atom. The van der Waals surface area contributed by atoms with E-state index in [1.807, 2.05) is 12.1 Å². The molecule has 196 valence electrons. The highest BCUT2D eigenvalue weighted by Crippen LogP contribution is 2.28. The third-order valence-corrected chi connectivity index (χ3v) is 9.15. The van der Waals surface area contributed by atoms with Gasteiger partial charge in [0.05, 0.1) is 0 Å². The zero-order chi connectivity index (χ0) is 24.9. The Hall–Kier alpha value is -1.16. The van der Waals surface area contributed by atoms with Crippen molar-refractivity contribution in [2.75, 3.05) is 11.5 Å². The molecule has 0 saturated heterocycles. The first kappa shape index (κ1) is 30.9. The largest absolute Gasteiger partial charge is 0.479 e. The highest BCUT2D eigenvalue weighted by Gasteiger charge is 2.26. The highest BCUT2D eigenvalue weighted by molar-refractivity contribution is 7.97. The molecule has 0 aromatic heterocycles. The van der Waals surface area contributed by atoms with Crippen LogP contribution in [-0.4, -0.2) is 28.7 Å². The summed E-state index contributed by atoms with van der Waals surface area (Å²) in [6.45, 7) is 6.12. The molecule has 0 aliphatic rings. The zero-order valence-corrected chi connectivity index (χ0v) is 23.3. The number of carbonyl (C=O) groups is 1. The lowest BCUT2D eigenvalue weighted by Gasteiger charge is -2.15. The molecule has 1 aromatic rings. The van der Waals surface area contributed by atoms with Crippen LogP contribution in [0.2, 0.25) is 0 Å². The summed E-state index contributed by atoms with van der Waals surface area (Å²) in [6.07, 6.45) is 22.6. The normalized spacial score (nSPS) is 13.0. The van der Waals surface area contributed by atoms with Crippen LogP contribution in [0.25, 0.3) is 0 Å². The second-order valence-corrected chi connectivity index (χ2v) is 12.0. The van der Waals surface area contributed by atoms with Gasteiger partial charge in [0.1, 0.15) is 11.5 Å². The van der Waals surface area contributed by atoms with Crippen molar-refractivity contribution in [2.24, 2.45) is 0 Å². The average molecular weight is 494 g/mol. The Morgan fingerprint density at radius 1 is 0.735 bits per heavy atom. The topological polar surface area (TPSA) is 46.5 Å². The molecular formula is C30H53O3S+. The van der Waals surface area contributed by atoms with Crippen LogP contribution in [0, 0.1) is 0 Å². The van der Waals surface area contributed by atoms with E-state index in [4.69, 9.17) is 4.74 Å². The Kier molecular flexibility index (Phi) is 19.2. The molecule has 0 bridgehead atoms. The second kappa shape index (κ2) is 21.1.